The Hall–Kier alpha value is -3.15. The van der Waals surface area contributed by atoms with Crippen LogP contribution in [0.4, 0.5) is 0 Å². The van der Waals surface area contributed by atoms with Crippen LogP contribution in [0.2, 0.25) is 0 Å². The van der Waals surface area contributed by atoms with Gasteiger partial charge in [0, 0.05) is 6.20 Å². The Morgan fingerprint density at radius 3 is 2.43 bits per heavy atom. The van der Waals surface area contributed by atoms with Crippen molar-refractivity contribution in [3.8, 4) is 22.8 Å². The van der Waals surface area contributed by atoms with Gasteiger partial charge < -0.3 is 10.2 Å². The number of hydrogen-bond acceptors (Lipinski definition) is 4. The lowest BCUT2D eigenvalue weighted by Crippen LogP contribution is -2.02. The molecule has 0 fully saturated rings. The summed E-state index contributed by atoms with van der Waals surface area (Å²) in [5, 5.41) is 23.2. The van der Waals surface area contributed by atoms with Gasteiger partial charge in [0.2, 0.25) is 5.88 Å². The third kappa shape index (κ3) is 2.34. The van der Waals surface area contributed by atoms with Crippen LogP contribution in [-0.4, -0.2) is 30.9 Å². The summed E-state index contributed by atoms with van der Waals surface area (Å²) in [5.41, 5.74) is 1.50. The van der Waals surface area contributed by atoms with E-state index in [9.17, 15) is 9.90 Å². The molecule has 2 aromatic heterocycles. The lowest BCUT2D eigenvalue weighted by molar-refractivity contribution is 0.0696. The van der Waals surface area contributed by atoms with Gasteiger partial charge in [-0.1, -0.05) is 30.3 Å². The van der Waals surface area contributed by atoms with E-state index in [0.29, 0.717) is 11.4 Å². The zero-order valence-electron chi connectivity index (χ0n) is 10.8. The van der Waals surface area contributed by atoms with Crippen LogP contribution in [0.1, 0.15) is 10.4 Å². The molecule has 0 atom stereocenters. The van der Waals surface area contributed by atoms with Crippen LogP contribution in [-0.2, 0) is 0 Å². The van der Waals surface area contributed by atoms with E-state index in [-0.39, 0.29) is 11.4 Å². The molecule has 0 unspecified atom stereocenters. The van der Waals surface area contributed by atoms with Crippen LogP contribution in [0.5, 0.6) is 5.88 Å². The lowest BCUT2D eigenvalue weighted by Gasteiger charge is -2.03. The third-order valence-electron chi connectivity index (χ3n) is 3.04. The van der Waals surface area contributed by atoms with E-state index in [1.807, 2.05) is 30.3 Å². The van der Waals surface area contributed by atoms with Gasteiger partial charge in [0.25, 0.3) is 0 Å². The molecule has 0 saturated carbocycles. The highest BCUT2D eigenvalue weighted by atomic mass is 16.4. The largest absolute Gasteiger partial charge is 0.493 e. The van der Waals surface area contributed by atoms with Crippen molar-refractivity contribution in [2.24, 2.45) is 0 Å². The molecule has 6 nitrogen and oxygen atoms in total. The molecule has 0 bridgehead atoms. The second-order valence-corrected chi connectivity index (χ2v) is 4.37. The van der Waals surface area contributed by atoms with E-state index in [1.165, 1.54) is 29.2 Å². The van der Waals surface area contributed by atoms with Crippen molar-refractivity contribution in [1.29, 1.82) is 0 Å². The normalized spacial score (nSPS) is 10.5. The van der Waals surface area contributed by atoms with Gasteiger partial charge in [0.05, 0.1) is 17.3 Å². The Morgan fingerprint density at radius 2 is 1.81 bits per heavy atom. The zero-order valence-corrected chi connectivity index (χ0v) is 10.8. The molecular formula is C15H11N3O3. The molecule has 21 heavy (non-hydrogen) atoms. The average Bonchev–Trinajstić information content (AvgIpc) is 2.90. The summed E-state index contributed by atoms with van der Waals surface area (Å²) in [4.78, 5) is 14.8. The standard InChI is InChI=1S/C15H11N3O3/c19-14-12(10-4-2-1-3-5-10)9-17-18(14)13-7-6-11(8-16-13)15(20)21/h1-9,19H,(H,20,21). The van der Waals surface area contributed by atoms with E-state index >= 15 is 0 Å². The molecule has 3 aromatic rings. The molecule has 0 amide bonds. The van der Waals surface area contributed by atoms with Gasteiger partial charge in [-0.15, -0.1) is 0 Å². The summed E-state index contributed by atoms with van der Waals surface area (Å²) >= 11 is 0. The Balaban J connectivity index is 2.01. The fourth-order valence-corrected chi connectivity index (χ4v) is 1.97. The van der Waals surface area contributed by atoms with Gasteiger partial charge in [0.15, 0.2) is 5.82 Å². The molecule has 0 aliphatic carbocycles. The molecule has 104 valence electrons. The fraction of sp³-hybridized carbons (Fsp3) is 0. The first kappa shape index (κ1) is 12.9. The van der Waals surface area contributed by atoms with Gasteiger partial charge in [-0.3, -0.25) is 0 Å². The maximum atomic E-state index is 10.8. The van der Waals surface area contributed by atoms with Crippen LogP contribution in [0.25, 0.3) is 16.9 Å². The van der Waals surface area contributed by atoms with E-state index in [0.717, 1.165) is 5.56 Å². The first-order valence-corrected chi connectivity index (χ1v) is 6.19. The highest BCUT2D eigenvalue weighted by Crippen LogP contribution is 2.30. The molecule has 0 aliphatic heterocycles. The molecule has 0 aliphatic rings. The van der Waals surface area contributed by atoms with E-state index in [1.54, 1.807) is 0 Å². The molecule has 0 spiro atoms. The minimum absolute atomic E-state index is 0.0447. The van der Waals surface area contributed by atoms with E-state index in [2.05, 4.69) is 10.1 Å². The van der Waals surface area contributed by atoms with Crippen LogP contribution in [0, 0.1) is 0 Å². The summed E-state index contributed by atoms with van der Waals surface area (Å²) in [6, 6.07) is 12.2. The number of carboxylic acid groups (broad SMARTS) is 1. The Kier molecular flexibility index (Phi) is 3.12. The minimum atomic E-state index is -1.05. The van der Waals surface area contributed by atoms with Gasteiger partial charge in [-0.2, -0.15) is 9.78 Å². The van der Waals surface area contributed by atoms with Crippen molar-refractivity contribution in [2.45, 2.75) is 0 Å². The summed E-state index contributed by atoms with van der Waals surface area (Å²) in [6.45, 7) is 0. The van der Waals surface area contributed by atoms with Gasteiger partial charge in [-0.25, -0.2) is 9.78 Å². The zero-order chi connectivity index (χ0) is 14.8. The number of rotatable bonds is 3. The third-order valence-corrected chi connectivity index (χ3v) is 3.04. The number of aromatic hydroxyl groups is 1. The molecule has 0 radical (unpaired) electrons. The summed E-state index contributed by atoms with van der Waals surface area (Å²) in [6.07, 6.45) is 2.76. The fourth-order valence-electron chi connectivity index (χ4n) is 1.97. The maximum Gasteiger partial charge on any atom is 0.337 e. The number of aromatic nitrogens is 3. The second kappa shape index (κ2) is 5.09. The molecule has 3 rings (SSSR count). The number of aromatic carboxylic acids is 1. The summed E-state index contributed by atoms with van der Waals surface area (Å²) < 4.78 is 1.26. The van der Waals surface area contributed by atoms with Crippen LogP contribution in [0.15, 0.2) is 54.9 Å². The van der Waals surface area contributed by atoms with Crippen LogP contribution < -0.4 is 0 Å². The number of hydrogen-bond donors (Lipinski definition) is 2. The number of pyridine rings is 1. The molecule has 6 heteroatoms. The predicted octanol–water partition coefficient (Wildman–Crippen LogP) is 2.34. The second-order valence-electron chi connectivity index (χ2n) is 4.37. The number of carboxylic acids is 1. The summed E-state index contributed by atoms with van der Waals surface area (Å²) in [7, 11) is 0. The number of nitrogens with zero attached hydrogens (tertiary/aromatic N) is 3. The van der Waals surface area contributed by atoms with E-state index < -0.39 is 5.97 Å². The SMILES string of the molecule is O=C(O)c1ccc(-n2ncc(-c3ccccc3)c2O)nc1. The quantitative estimate of drug-likeness (QED) is 0.769. The molecule has 1 aromatic carbocycles. The Morgan fingerprint density at radius 1 is 1.05 bits per heavy atom. The van der Waals surface area contributed by atoms with Crippen molar-refractivity contribution >= 4 is 5.97 Å². The van der Waals surface area contributed by atoms with Crippen molar-refractivity contribution in [2.75, 3.05) is 0 Å². The first-order valence-electron chi connectivity index (χ1n) is 6.19. The smallest absolute Gasteiger partial charge is 0.337 e. The van der Waals surface area contributed by atoms with Gasteiger partial charge >= 0.3 is 5.97 Å². The molecule has 2 heterocycles. The van der Waals surface area contributed by atoms with Crippen molar-refractivity contribution < 1.29 is 15.0 Å². The lowest BCUT2D eigenvalue weighted by atomic mass is 10.1. The molecule has 0 saturated heterocycles. The van der Waals surface area contributed by atoms with Crippen molar-refractivity contribution in [3.63, 3.8) is 0 Å². The highest BCUT2D eigenvalue weighted by Gasteiger charge is 2.13. The van der Waals surface area contributed by atoms with E-state index in [4.69, 9.17) is 5.11 Å². The Labute approximate surface area is 119 Å². The predicted molar refractivity (Wildman–Crippen MR) is 75.4 cm³/mol. The van der Waals surface area contributed by atoms with Gasteiger partial charge in [-0.05, 0) is 17.7 Å². The molecular weight excluding hydrogens is 270 g/mol. The summed E-state index contributed by atoms with van der Waals surface area (Å²) in [5.74, 6) is -0.750. The Bertz CT molecular complexity index is 780. The highest BCUT2D eigenvalue weighted by molar-refractivity contribution is 5.87. The van der Waals surface area contributed by atoms with Crippen molar-refractivity contribution in [1.82, 2.24) is 14.8 Å². The number of carbonyl (C=O) groups is 1. The van der Waals surface area contributed by atoms with Crippen LogP contribution >= 0.6 is 0 Å². The first-order chi connectivity index (χ1) is 10.2. The average molecular weight is 281 g/mol. The van der Waals surface area contributed by atoms with Crippen LogP contribution in [0.3, 0.4) is 0 Å². The maximum absolute atomic E-state index is 10.8. The monoisotopic (exact) mass is 281 g/mol. The van der Waals surface area contributed by atoms with Crippen molar-refractivity contribution in [3.05, 3.63) is 60.4 Å². The van der Waals surface area contributed by atoms with Gasteiger partial charge in [0.1, 0.15) is 0 Å². The number of benzene rings is 1. The topological polar surface area (TPSA) is 88.2 Å². The minimum Gasteiger partial charge on any atom is -0.493 e. The molecule has 2 N–H and O–H groups in total.